The van der Waals surface area contributed by atoms with Crippen molar-refractivity contribution in [2.45, 2.75) is 20.3 Å². The van der Waals surface area contributed by atoms with Gasteiger partial charge < -0.3 is 10.3 Å². The quantitative estimate of drug-likeness (QED) is 0.749. The summed E-state index contributed by atoms with van der Waals surface area (Å²) < 4.78 is 5.32. The number of hydrogen-bond donors (Lipinski definition) is 1. The fraction of sp³-hybridized carbons (Fsp3) is 0.214. The van der Waals surface area contributed by atoms with Crippen LogP contribution in [0.2, 0.25) is 0 Å². The molecular formula is C14H14N4OS. The van der Waals surface area contributed by atoms with Gasteiger partial charge in [0.15, 0.2) is 5.82 Å². The van der Waals surface area contributed by atoms with Gasteiger partial charge in [-0.1, -0.05) is 11.2 Å². The van der Waals surface area contributed by atoms with Crippen LogP contribution in [0.25, 0.3) is 11.5 Å². The maximum atomic E-state index is 5.89. The molecule has 0 spiro atoms. The normalized spacial score (nSPS) is 10.9. The molecule has 0 saturated carbocycles. The molecular weight excluding hydrogens is 272 g/mol. The third-order valence-electron chi connectivity index (χ3n) is 3.08. The van der Waals surface area contributed by atoms with Crippen LogP contribution in [-0.4, -0.2) is 15.1 Å². The molecule has 1 aromatic carbocycles. The molecule has 2 N–H and O–H groups in total. The minimum atomic E-state index is 0.497. The molecule has 0 unspecified atom stereocenters. The number of aryl methyl sites for hydroxylation is 1. The van der Waals surface area contributed by atoms with Gasteiger partial charge in [0.1, 0.15) is 0 Å². The first-order valence-corrected chi connectivity index (χ1v) is 7.10. The smallest absolute Gasteiger partial charge is 0.258 e. The molecule has 2 heterocycles. The van der Waals surface area contributed by atoms with Gasteiger partial charge in [-0.05, 0) is 31.5 Å². The van der Waals surface area contributed by atoms with Gasteiger partial charge in [0, 0.05) is 16.6 Å². The minimum Gasteiger partial charge on any atom is -0.398 e. The predicted molar refractivity (Wildman–Crippen MR) is 78.5 cm³/mol. The molecule has 6 heteroatoms. The second kappa shape index (κ2) is 5.05. The number of benzene rings is 1. The Morgan fingerprint density at radius 3 is 2.85 bits per heavy atom. The topological polar surface area (TPSA) is 77.8 Å². The van der Waals surface area contributed by atoms with Gasteiger partial charge in [0.2, 0.25) is 0 Å². The third kappa shape index (κ3) is 2.42. The zero-order valence-corrected chi connectivity index (χ0v) is 12.1. The molecule has 102 valence electrons. The summed E-state index contributed by atoms with van der Waals surface area (Å²) in [5, 5.41) is 7.05. The summed E-state index contributed by atoms with van der Waals surface area (Å²) in [6.45, 7) is 3.92. The van der Waals surface area contributed by atoms with E-state index in [1.54, 1.807) is 11.3 Å². The van der Waals surface area contributed by atoms with E-state index in [0.29, 0.717) is 18.1 Å². The summed E-state index contributed by atoms with van der Waals surface area (Å²) in [4.78, 5) is 8.81. The van der Waals surface area contributed by atoms with Gasteiger partial charge in [-0.2, -0.15) is 4.98 Å². The van der Waals surface area contributed by atoms with Gasteiger partial charge in [-0.15, -0.1) is 11.3 Å². The highest BCUT2D eigenvalue weighted by molar-refractivity contribution is 7.09. The Balaban J connectivity index is 1.88. The van der Waals surface area contributed by atoms with E-state index in [1.165, 1.54) is 0 Å². The number of nitrogens with two attached hydrogens (primary N) is 1. The van der Waals surface area contributed by atoms with Gasteiger partial charge in [0.05, 0.1) is 17.1 Å². The largest absolute Gasteiger partial charge is 0.398 e. The highest BCUT2D eigenvalue weighted by Gasteiger charge is 2.13. The predicted octanol–water partition coefficient (Wildman–Crippen LogP) is 2.98. The second-order valence-corrected chi connectivity index (χ2v) is 5.63. The summed E-state index contributed by atoms with van der Waals surface area (Å²) in [6, 6.07) is 5.66. The molecule has 0 aliphatic rings. The molecule has 0 atom stereocenters. The lowest BCUT2D eigenvalue weighted by molar-refractivity contribution is 0.423. The number of anilines is 1. The first-order valence-electron chi connectivity index (χ1n) is 6.22. The van der Waals surface area contributed by atoms with Crippen LogP contribution in [0.3, 0.4) is 0 Å². The third-order valence-corrected chi connectivity index (χ3v) is 3.90. The maximum absolute atomic E-state index is 5.89. The molecule has 2 aromatic heterocycles. The van der Waals surface area contributed by atoms with Crippen LogP contribution >= 0.6 is 11.3 Å². The Hall–Kier alpha value is -2.21. The van der Waals surface area contributed by atoms with Crippen molar-refractivity contribution in [3.8, 4) is 11.5 Å². The van der Waals surface area contributed by atoms with Crippen molar-refractivity contribution in [2.24, 2.45) is 0 Å². The average molecular weight is 286 g/mol. The monoisotopic (exact) mass is 286 g/mol. The number of nitrogens with zero attached hydrogens (tertiary/aromatic N) is 3. The second-order valence-electron chi connectivity index (χ2n) is 4.57. The lowest BCUT2D eigenvalue weighted by Crippen LogP contribution is -1.93. The molecule has 0 bridgehead atoms. The van der Waals surface area contributed by atoms with Crippen molar-refractivity contribution in [1.82, 2.24) is 15.1 Å². The minimum absolute atomic E-state index is 0.497. The van der Waals surface area contributed by atoms with Crippen LogP contribution in [0.4, 0.5) is 5.69 Å². The molecule has 0 fully saturated rings. The van der Waals surface area contributed by atoms with Crippen LogP contribution in [-0.2, 0) is 6.42 Å². The van der Waals surface area contributed by atoms with E-state index in [4.69, 9.17) is 10.3 Å². The molecule has 0 aliphatic carbocycles. The zero-order valence-electron chi connectivity index (χ0n) is 11.3. The Labute approximate surface area is 120 Å². The molecule has 0 aliphatic heterocycles. The molecule has 0 radical (unpaired) electrons. The SMILES string of the molecule is Cc1nc(Cc2noc(-c3cccc(N)c3C)n2)cs1. The molecule has 0 amide bonds. The van der Waals surface area contributed by atoms with E-state index in [-0.39, 0.29) is 0 Å². The van der Waals surface area contributed by atoms with Crippen LogP contribution in [0.15, 0.2) is 28.1 Å². The van der Waals surface area contributed by atoms with Crippen molar-refractivity contribution in [3.05, 3.63) is 45.7 Å². The molecule has 20 heavy (non-hydrogen) atoms. The van der Waals surface area contributed by atoms with E-state index < -0.39 is 0 Å². The highest BCUT2D eigenvalue weighted by atomic mass is 32.1. The van der Waals surface area contributed by atoms with Crippen molar-refractivity contribution >= 4 is 17.0 Å². The number of rotatable bonds is 3. The number of hydrogen-bond acceptors (Lipinski definition) is 6. The number of aromatic nitrogens is 3. The number of nitrogen functional groups attached to an aromatic ring is 1. The summed E-state index contributed by atoms with van der Waals surface area (Å²) in [7, 11) is 0. The van der Waals surface area contributed by atoms with Crippen LogP contribution < -0.4 is 5.73 Å². The molecule has 3 aromatic rings. The lowest BCUT2D eigenvalue weighted by atomic mass is 10.1. The van der Waals surface area contributed by atoms with Crippen LogP contribution in [0, 0.1) is 13.8 Å². The van der Waals surface area contributed by atoms with E-state index in [1.807, 2.05) is 37.4 Å². The first kappa shape index (κ1) is 12.8. The van der Waals surface area contributed by atoms with Crippen molar-refractivity contribution in [2.75, 3.05) is 5.73 Å². The van der Waals surface area contributed by atoms with Gasteiger partial charge >= 0.3 is 0 Å². The Bertz CT molecular complexity index is 747. The lowest BCUT2D eigenvalue weighted by Gasteiger charge is -2.02. The van der Waals surface area contributed by atoms with Crippen LogP contribution in [0.5, 0.6) is 0 Å². The number of thiazole rings is 1. The first-order chi connectivity index (χ1) is 9.63. The molecule has 5 nitrogen and oxygen atoms in total. The average Bonchev–Trinajstić information content (AvgIpc) is 3.03. The summed E-state index contributed by atoms with van der Waals surface area (Å²) >= 11 is 1.62. The fourth-order valence-electron chi connectivity index (χ4n) is 1.97. The van der Waals surface area contributed by atoms with E-state index in [9.17, 15) is 0 Å². The maximum Gasteiger partial charge on any atom is 0.258 e. The van der Waals surface area contributed by atoms with Gasteiger partial charge in [-0.25, -0.2) is 4.98 Å². The summed E-state index contributed by atoms with van der Waals surface area (Å²) in [6.07, 6.45) is 0.579. The van der Waals surface area contributed by atoms with Gasteiger partial charge in [-0.3, -0.25) is 0 Å². The Kier molecular flexibility index (Phi) is 3.23. The Morgan fingerprint density at radius 2 is 2.10 bits per heavy atom. The van der Waals surface area contributed by atoms with Gasteiger partial charge in [0.25, 0.3) is 5.89 Å². The highest BCUT2D eigenvalue weighted by Crippen LogP contribution is 2.25. The summed E-state index contributed by atoms with van der Waals surface area (Å²) in [5.74, 6) is 1.13. The van der Waals surface area contributed by atoms with Crippen molar-refractivity contribution in [1.29, 1.82) is 0 Å². The van der Waals surface area contributed by atoms with E-state index in [2.05, 4.69) is 15.1 Å². The van der Waals surface area contributed by atoms with Crippen molar-refractivity contribution in [3.63, 3.8) is 0 Å². The van der Waals surface area contributed by atoms with Crippen LogP contribution in [0.1, 0.15) is 22.1 Å². The fourth-order valence-corrected chi connectivity index (χ4v) is 2.58. The summed E-state index contributed by atoms with van der Waals surface area (Å²) in [5.41, 5.74) is 9.40. The van der Waals surface area contributed by atoms with E-state index in [0.717, 1.165) is 27.5 Å². The molecule has 3 rings (SSSR count). The standard InChI is InChI=1S/C14H14N4OS/c1-8-11(4-3-5-12(8)15)14-17-13(18-19-14)6-10-7-20-9(2)16-10/h3-5,7H,6,15H2,1-2H3. The zero-order chi connectivity index (χ0) is 14.1. The van der Waals surface area contributed by atoms with Crippen molar-refractivity contribution < 1.29 is 4.52 Å². The van der Waals surface area contributed by atoms with E-state index >= 15 is 0 Å². The molecule has 0 saturated heterocycles. The Morgan fingerprint density at radius 1 is 1.25 bits per heavy atom.